The first-order valence-electron chi connectivity index (χ1n) is 8.69. The quantitative estimate of drug-likeness (QED) is 0.562. The molecule has 1 saturated heterocycles. The van der Waals surface area contributed by atoms with E-state index in [2.05, 4.69) is 10.6 Å². The third kappa shape index (κ3) is 5.34. The molecule has 0 radical (unpaired) electrons. The summed E-state index contributed by atoms with van der Waals surface area (Å²) < 4.78 is 10.9. The number of nitrogens with zero attached hydrogens (tertiary/aromatic N) is 1. The topological polar surface area (TPSA) is 103 Å². The molecule has 1 amide bonds. The van der Waals surface area contributed by atoms with Gasteiger partial charge in [-0.25, -0.2) is 0 Å². The van der Waals surface area contributed by atoms with Crippen molar-refractivity contribution in [3.8, 4) is 17.2 Å². The lowest BCUT2D eigenvalue weighted by molar-refractivity contribution is -0.384. The number of carbonyl (C=O) groups is 1. The van der Waals surface area contributed by atoms with Gasteiger partial charge in [0.05, 0.1) is 17.6 Å². The van der Waals surface area contributed by atoms with Crippen molar-refractivity contribution in [1.82, 2.24) is 10.6 Å². The van der Waals surface area contributed by atoms with Crippen LogP contribution in [0.3, 0.4) is 0 Å². The molecule has 1 aliphatic heterocycles. The standard InChI is InChI=1S/C19H21N3O5.ClH/c1-26-15-5-7-16(8-6-15)27-18-9-4-14(22(24)25)11-17(18)19(23)21-13-3-2-10-20-12-13;/h4-9,11,13,20H,2-3,10,12H2,1H3,(H,21,23);1H. The molecule has 1 fully saturated rings. The van der Waals surface area contributed by atoms with Crippen LogP contribution in [0.2, 0.25) is 0 Å². The van der Waals surface area contributed by atoms with Crippen LogP contribution in [0.25, 0.3) is 0 Å². The lowest BCUT2D eigenvalue weighted by Crippen LogP contribution is -2.45. The third-order valence-corrected chi connectivity index (χ3v) is 4.34. The minimum absolute atomic E-state index is 0. The summed E-state index contributed by atoms with van der Waals surface area (Å²) in [5.74, 6) is 1.04. The van der Waals surface area contributed by atoms with Crippen LogP contribution < -0.4 is 20.1 Å². The molecule has 9 heteroatoms. The Bertz CT molecular complexity index is 823. The van der Waals surface area contributed by atoms with Crippen LogP contribution in [0.15, 0.2) is 42.5 Å². The van der Waals surface area contributed by atoms with Gasteiger partial charge in [0.15, 0.2) is 0 Å². The van der Waals surface area contributed by atoms with Gasteiger partial charge in [0, 0.05) is 24.7 Å². The van der Waals surface area contributed by atoms with Gasteiger partial charge in [0.2, 0.25) is 0 Å². The van der Waals surface area contributed by atoms with E-state index in [4.69, 9.17) is 9.47 Å². The number of rotatable bonds is 6. The van der Waals surface area contributed by atoms with E-state index < -0.39 is 10.8 Å². The second kappa shape index (κ2) is 9.91. The van der Waals surface area contributed by atoms with E-state index in [0.717, 1.165) is 19.4 Å². The molecule has 0 aromatic heterocycles. The molecule has 1 atom stereocenters. The summed E-state index contributed by atoms with van der Waals surface area (Å²) in [4.78, 5) is 23.3. The molecule has 2 aromatic rings. The summed E-state index contributed by atoms with van der Waals surface area (Å²) in [6, 6.07) is 10.8. The van der Waals surface area contributed by atoms with Crippen LogP contribution in [0.5, 0.6) is 17.2 Å². The second-order valence-electron chi connectivity index (χ2n) is 6.23. The fourth-order valence-corrected chi connectivity index (χ4v) is 2.91. The van der Waals surface area contributed by atoms with Crippen LogP contribution in [0, 0.1) is 10.1 Å². The van der Waals surface area contributed by atoms with Crippen LogP contribution in [0.1, 0.15) is 23.2 Å². The highest BCUT2D eigenvalue weighted by Gasteiger charge is 2.22. The SMILES string of the molecule is COc1ccc(Oc2ccc([N+](=O)[O-])cc2C(=O)NC2CCCNC2)cc1.Cl. The van der Waals surface area contributed by atoms with Crippen molar-refractivity contribution >= 4 is 24.0 Å². The fourth-order valence-electron chi connectivity index (χ4n) is 2.91. The summed E-state index contributed by atoms with van der Waals surface area (Å²) >= 11 is 0. The van der Waals surface area contributed by atoms with Gasteiger partial charge < -0.3 is 20.1 Å². The Kier molecular flexibility index (Phi) is 7.60. The molecule has 0 aliphatic carbocycles. The van der Waals surface area contributed by atoms with Gasteiger partial charge in [-0.05, 0) is 49.7 Å². The number of methoxy groups -OCH3 is 1. The molecule has 3 rings (SSSR count). The largest absolute Gasteiger partial charge is 0.497 e. The molecule has 0 spiro atoms. The highest BCUT2D eigenvalue weighted by atomic mass is 35.5. The zero-order valence-corrected chi connectivity index (χ0v) is 16.2. The molecular weight excluding hydrogens is 386 g/mol. The predicted molar refractivity (Wildman–Crippen MR) is 107 cm³/mol. The molecule has 1 heterocycles. The number of piperidine rings is 1. The fraction of sp³-hybridized carbons (Fsp3) is 0.316. The minimum Gasteiger partial charge on any atom is -0.497 e. The second-order valence-corrected chi connectivity index (χ2v) is 6.23. The van der Waals surface area contributed by atoms with Crippen LogP contribution in [-0.2, 0) is 0 Å². The normalized spacial score (nSPS) is 15.8. The van der Waals surface area contributed by atoms with Gasteiger partial charge in [-0.1, -0.05) is 0 Å². The molecule has 150 valence electrons. The number of nitrogens with one attached hydrogen (secondary N) is 2. The smallest absolute Gasteiger partial charge is 0.270 e. The molecule has 28 heavy (non-hydrogen) atoms. The highest BCUT2D eigenvalue weighted by Crippen LogP contribution is 2.30. The Morgan fingerprint density at radius 3 is 2.54 bits per heavy atom. The Hall–Kier alpha value is -2.84. The number of hydrogen-bond donors (Lipinski definition) is 2. The molecule has 1 aliphatic rings. The molecule has 2 N–H and O–H groups in total. The van der Waals surface area contributed by atoms with Crippen molar-refractivity contribution in [3.63, 3.8) is 0 Å². The van der Waals surface area contributed by atoms with Crippen molar-refractivity contribution in [1.29, 1.82) is 0 Å². The Morgan fingerprint density at radius 1 is 1.21 bits per heavy atom. The van der Waals surface area contributed by atoms with Gasteiger partial charge in [0.25, 0.3) is 11.6 Å². The number of amides is 1. The number of hydrogen-bond acceptors (Lipinski definition) is 6. The number of ether oxygens (including phenoxy) is 2. The summed E-state index contributed by atoms with van der Waals surface area (Å²) in [5.41, 5.74) is -0.0328. The number of halogens is 1. The molecule has 1 unspecified atom stereocenters. The van der Waals surface area contributed by atoms with E-state index in [1.54, 1.807) is 31.4 Å². The lowest BCUT2D eigenvalue weighted by atomic mass is 10.1. The summed E-state index contributed by atoms with van der Waals surface area (Å²) in [6.45, 7) is 1.60. The zero-order chi connectivity index (χ0) is 19.2. The number of benzene rings is 2. The maximum Gasteiger partial charge on any atom is 0.270 e. The maximum atomic E-state index is 12.7. The Labute approximate surface area is 168 Å². The highest BCUT2D eigenvalue weighted by molar-refractivity contribution is 5.98. The molecule has 2 aromatic carbocycles. The monoisotopic (exact) mass is 407 g/mol. The first kappa shape index (κ1) is 21.5. The number of nitro groups is 1. The van der Waals surface area contributed by atoms with Crippen LogP contribution >= 0.6 is 12.4 Å². The van der Waals surface area contributed by atoms with Crippen LogP contribution in [0.4, 0.5) is 5.69 Å². The van der Waals surface area contributed by atoms with Crippen molar-refractivity contribution in [2.75, 3.05) is 20.2 Å². The first-order valence-corrected chi connectivity index (χ1v) is 8.69. The van der Waals surface area contributed by atoms with Gasteiger partial charge in [-0.15, -0.1) is 12.4 Å². The summed E-state index contributed by atoms with van der Waals surface area (Å²) in [6.07, 6.45) is 1.83. The van der Waals surface area contributed by atoms with E-state index in [1.807, 2.05) is 0 Å². The average molecular weight is 408 g/mol. The Morgan fingerprint density at radius 2 is 1.93 bits per heavy atom. The number of non-ortho nitro benzene ring substituents is 1. The third-order valence-electron chi connectivity index (χ3n) is 4.34. The summed E-state index contributed by atoms with van der Waals surface area (Å²) in [7, 11) is 1.56. The van der Waals surface area contributed by atoms with Gasteiger partial charge in [-0.2, -0.15) is 0 Å². The van der Waals surface area contributed by atoms with E-state index >= 15 is 0 Å². The van der Waals surface area contributed by atoms with E-state index in [0.29, 0.717) is 18.0 Å². The minimum atomic E-state index is -0.532. The summed E-state index contributed by atoms with van der Waals surface area (Å²) in [5, 5.41) is 17.3. The van der Waals surface area contributed by atoms with E-state index in [-0.39, 0.29) is 35.4 Å². The lowest BCUT2D eigenvalue weighted by Gasteiger charge is -2.24. The first-order chi connectivity index (χ1) is 13.1. The van der Waals surface area contributed by atoms with Crippen molar-refractivity contribution < 1.29 is 19.2 Å². The Balaban J connectivity index is 0.00000280. The maximum absolute atomic E-state index is 12.7. The predicted octanol–water partition coefficient (Wildman–Crippen LogP) is 3.30. The van der Waals surface area contributed by atoms with E-state index in [9.17, 15) is 14.9 Å². The van der Waals surface area contributed by atoms with Crippen molar-refractivity contribution in [2.45, 2.75) is 18.9 Å². The van der Waals surface area contributed by atoms with Crippen LogP contribution in [-0.4, -0.2) is 37.1 Å². The zero-order valence-electron chi connectivity index (χ0n) is 15.3. The van der Waals surface area contributed by atoms with Gasteiger partial charge in [-0.3, -0.25) is 14.9 Å². The van der Waals surface area contributed by atoms with E-state index in [1.165, 1.54) is 18.2 Å². The number of nitro benzene ring substituents is 1. The molecular formula is C19H22ClN3O5. The van der Waals surface area contributed by atoms with Gasteiger partial charge in [0.1, 0.15) is 17.2 Å². The van der Waals surface area contributed by atoms with Crippen molar-refractivity contribution in [3.05, 3.63) is 58.1 Å². The number of carbonyl (C=O) groups excluding carboxylic acids is 1. The molecule has 8 nitrogen and oxygen atoms in total. The molecule has 0 bridgehead atoms. The average Bonchev–Trinajstić information content (AvgIpc) is 2.69. The molecule has 0 saturated carbocycles. The van der Waals surface area contributed by atoms with Gasteiger partial charge >= 0.3 is 0 Å². The van der Waals surface area contributed by atoms with Crippen molar-refractivity contribution in [2.24, 2.45) is 0 Å².